The summed E-state index contributed by atoms with van der Waals surface area (Å²) in [5.41, 5.74) is 0.999. The SMILES string of the molecule is O=C([C@@H]1CN(C2CCC2)Cc2ccnn21)N1CC(F)(F)C1. The second-order valence-electron chi connectivity index (χ2n) is 6.35. The van der Waals surface area contributed by atoms with Gasteiger partial charge in [-0.05, 0) is 18.9 Å². The van der Waals surface area contributed by atoms with E-state index in [1.165, 1.54) is 11.3 Å². The number of amides is 1. The molecule has 1 saturated heterocycles. The molecule has 0 bridgehead atoms. The molecular formula is C14H18F2N4O. The summed E-state index contributed by atoms with van der Waals surface area (Å²) in [6.07, 6.45) is 5.25. The van der Waals surface area contributed by atoms with Crippen molar-refractivity contribution < 1.29 is 13.6 Å². The quantitative estimate of drug-likeness (QED) is 0.825. The van der Waals surface area contributed by atoms with E-state index in [0.29, 0.717) is 12.6 Å². The predicted octanol–water partition coefficient (Wildman–Crippen LogP) is 1.27. The Kier molecular flexibility index (Phi) is 2.82. The van der Waals surface area contributed by atoms with Crippen LogP contribution in [0.15, 0.2) is 12.3 Å². The van der Waals surface area contributed by atoms with Crippen LogP contribution in [0.1, 0.15) is 31.0 Å². The lowest BCUT2D eigenvalue weighted by Crippen LogP contribution is -2.61. The summed E-state index contributed by atoms with van der Waals surface area (Å²) >= 11 is 0. The molecule has 1 amide bonds. The van der Waals surface area contributed by atoms with E-state index in [0.717, 1.165) is 25.1 Å². The Morgan fingerprint density at radius 1 is 1.33 bits per heavy atom. The molecule has 2 aliphatic heterocycles. The Bertz CT molecular complexity index is 561. The fraction of sp³-hybridized carbons (Fsp3) is 0.714. The molecule has 0 aromatic carbocycles. The number of carbonyl (C=O) groups is 1. The highest BCUT2D eigenvalue weighted by atomic mass is 19.3. The molecule has 114 valence electrons. The zero-order valence-electron chi connectivity index (χ0n) is 11.7. The Balaban J connectivity index is 1.54. The van der Waals surface area contributed by atoms with E-state index in [1.54, 1.807) is 10.9 Å². The van der Waals surface area contributed by atoms with Crippen LogP contribution in [-0.4, -0.2) is 57.1 Å². The molecule has 1 atom stereocenters. The van der Waals surface area contributed by atoms with Crippen molar-refractivity contribution >= 4 is 5.91 Å². The van der Waals surface area contributed by atoms with Gasteiger partial charge in [-0.15, -0.1) is 0 Å². The fourth-order valence-corrected chi connectivity index (χ4v) is 3.41. The Labute approximate surface area is 121 Å². The molecule has 2 fully saturated rings. The van der Waals surface area contributed by atoms with Crippen LogP contribution in [-0.2, 0) is 11.3 Å². The van der Waals surface area contributed by atoms with Gasteiger partial charge in [0.15, 0.2) is 0 Å². The molecule has 1 aromatic rings. The van der Waals surface area contributed by atoms with Gasteiger partial charge in [-0.3, -0.25) is 14.4 Å². The summed E-state index contributed by atoms with van der Waals surface area (Å²) < 4.78 is 27.7. The van der Waals surface area contributed by atoms with Crippen LogP contribution in [0.25, 0.3) is 0 Å². The smallest absolute Gasteiger partial charge is 0.282 e. The lowest BCUT2D eigenvalue weighted by Gasteiger charge is -2.45. The Morgan fingerprint density at radius 3 is 2.71 bits per heavy atom. The molecule has 7 heteroatoms. The van der Waals surface area contributed by atoms with Gasteiger partial charge in [0, 0.05) is 25.3 Å². The van der Waals surface area contributed by atoms with Gasteiger partial charge in [0.25, 0.3) is 5.92 Å². The lowest BCUT2D eigenvalue weighted by molar-refractivity contribution is -0.170. The number of hydrogen-bond acceptors (Lipinski definition) is 3. The highest BCUT2D eigenvalue weighted by Crippen LogP contribution is 2.34. The zero-order valence-corrected chi connectivity index (χ0v) is 11.7. The second-order valence-corrected chi connectivity index (χ2v) is 6.35. The Morgan fingerprint density at radius 2 is 2.10 bits per heavy atom. The minimum atomic E-state index is -2.72. The van der Waals surface area contributed by atoms with Crippen LogP contribution in [0.4, 0.5) is 8.78 Å². The molecule has 1 aromatic heterocycles. The van der Waals surface area contributed by atoms with Crippen molar-refractivity contribution in [2.75, 3.05) is 19.6 Å². The van der Waals surface area contributed by atoms with E-state index in [2.05, 4.69) is 10.00 Å². The van der Waals surface area contributed by atoms with Crippen molar-refractivity contribution in [3.05, 3.63) is 18.0 Å². The van der Waals surface area contributed by atoms with Crippen LogP contribution in [0, 0.1) is 0 Å². The van der Waals surface area contributed by atoms with Gasteiger partial charge >= 0.3 is 0 Å². The summed E-state index contributed by atoms with van der Waals surface area (Å²) in [4.78, 5) is 16.1. The Hall–Kier alpha value is -1.50. The van der Waals surface area contributed by atoms with E-state index < -0.39 is 25.1 Å². The molecule has 0 radical (unpaired) electrons. The minimum absolute atomic E-state index is 0.227. The maximum absolute atomic E-state index is 13.0. The number of halogens is 2. The van der Waals surface area contributed by atoms with Crippen molar-refractivity contribution in [2.24, 2.45) is 0 Å². The van der Waals surface area contributed by atoms with Crippen LogP contribution in [0.2, 0.25) is 0 Å². The zero-order chi connectivity index (χ0) is 14.6. The maximum atomic E-state index is 13.0. The highest BCUT2D eigenvalue weighted by Gasteiger charge is 2.49. The second kappa shape index (κ2) is 4.50. The molecule has 0 N–H and O–H groups in total. The normalized spacial score (nSPS) is 28.7. The van der Waals surface area contributed by atoms with E-state index >= 15 is 0 Å². The summed E-state index contributed by atoms with van der Waals surface area (Å²) in [5, 5.41) is 4.23. The van der Waals surface area contributed by atoms with Gasteiger partial charge in [0.1, 0.15) is 6.04 Å². The third-order valence-corrected chi connectivity index (χ3v) is 4.85. The number of hydrogen-bond donors (Lipinski definition) is 0. The van der Waals surface area contributed by atoms with Gasteiger partial charge in [-0.25, -0.2) is 8.78 Å². The minimum Gasteiger partial charge on any atom is -0.329 e. The number of fused-ring (bicyclic) bond motifs is 1. The third-order valence-electron chi connectivity index (χ3n) is 4.85. The molecule has 5 nitrogen and oxygen atoms in total. The van der Waals surface area contributed by atoms with Gasteiger partial charge < -0.3 is 4.90 Å². The van der Waals surface area contributed by atoms with Crippen molar-refractivity contribution in [1.29, 1.82) is 0 Å². The van der Waals surface area contributed by atoms with E-state index in [-0.39, 0.29) is 5.91 Å². The molecule has 4 rings (SSSR count). The average Bonchev–Trinajstić information content (AvgIpc) is 2.80. The molecular weight excluding hydrogens is 278 g/mol. The van der Waals surface area contributed by atoms with Gasteiger partial charge in [0.05, 0.1) is 18.8 Å². The van der Waals surface area contributed by atoms with Crippen molar-refractivity contribution in [1.82, 2.24) is 19.6 Å². The van der Waals surface area contributed by atoms with Crippen LogP contribution in [0.3, 0.4) is 0 Å². The summed E-state index contributed by atoms with van der Waals surface area (Å²) in [6.45, 7) is 0.468. The first-order valence-electron chi connectivity index (χ1n) is 7.46. The van der Waals surface area contributed by atoms with Gasteiger partial charge in [0.2, 0.25) is 5.91 Å². The largest absolute Gasteiger partial charge is 0.329 e. The van der Waals surface area contributed by atoms with Gasteiger partial charge in [-0.2, -0.15) is 5.10 Å². The van der Waals surface area contributed by atoms with E-state index in [9.17, 15) is 13.6 Å². The van der Waals surface area contributed by atoms with Crippen molar-refractivity contribution in [3.63, 3.8) is 0 Å². The predicted molar refractivity (Wildman–Crippen MR) is 70.8 cm³/mol. The molecule has 1 saturated carbocycles. The van der Waals surface area contributed by atoms with Crippen LogP contribution >= 0.6 is 0 Å². The van der Waals surface area contributed by atoms with Crippen molar-refractivity contribution in [3.8, 4) is 0 Å². The summed E-state index contributed by atoms with van der Waals surface area (Å²) in [7, 11) is 0. The van der Waals surface area contributed by atoms with Gasteiger partial charge in [-0.1, -0.05) is 6.42 Å². The highest BCUT2D eigenvalue weighted by molar-refractivity contribution is 5.82. The molecule has 1 aliphatic carbocycles. The first kappa shape index (κ1) is 13.2. The monoisotopic (exact) mass is 296 g/mol. The van der Waals surface area contributed by atoms with E-state index in [4.69, 9.17) is 0 Å². The number of carbonyl (C=O) groups excluding carboxylic acids is 1. The maximum Gasteiger partial charge on any atom is 0.282 e. The first-order chi connectivity index (χ1) is 10.0. The third kappa shape index (κ3) is 2.14. The molecule has 0 unspecified atom stereocenters. The van der Waals surface area contributed by atoms with Crippen LogP contribution in [0.5, 0.6) is 0 Å². The number of aromatic nitrogens is 2. The first-order valence-corrected chi connectivity index (χ1v) is 7.46. The fourth-order valence-electron chi connectivity index (χ4n) is 3.41. The molecule has 0 spiro atoms. The van der Waals surface area contributed by atoms with Crippen LogP contribution < -0.4 is 0 Å². The lowest BCUT2D eigenvalue weighted by atomic mass is 9.90. The van der Waals surface area contributed by atoms with E-state index in [1.807, 2.05) is 6.07 Å². The molecule has 3 aliphatic rings. The number of likely N-dealkylation sites (tertiary alicyclic amines) is 1. The summed E-state index contributed by atoms with van der Waals surface area (Å²) in [5.74, 6) is -2.94. The topological polar surface area (TPSA) is 41.4 Å². The number of rotatable bonds is 2. The number of nitrogens with zero attached hydrogens (tertiary/aromatic N) is 4. The average molecular weight is 296 g/mol. The summed E-state index contributed by atoms with van der Waals surface area (Å²) in [6, 6.07) is 1.98. The van der Waals surface area contributed by atoms with Crippen molar-refractivity contribution in [2.45, 2.75) is 43.8 Å². The molecule has 21 heavy (non-hydrogen) atoms. The number of alkyl halides is 2. The standard InChI is InChI=1S/C14H18F2N4O/c15-14(16)8-19(9-14)13(21)12-7-18(10-2-1-3-10)6-11-4-5-17-20(11)12/h4-5,10,12H,1-3,6-9H2/t12-/m0/s1. The molecule has 3 heterocycles.